The summed E-state index contributed by atoms with van der Waals surface area (Å²) in [6.07, 6.45) is 5.43. The predicted molar refractivity (Wildman–Crippen MR) is 108 cm³/mol. The summed E-state index contributed by atoms with van der Waals surface area (Å²) in [4.78, 5) is 23.8. The van der Waals surface area contributed by atoms with Crippen LogP contribution < -0.4 is 4.74 Å². The lowest BCUT2D eigenvalue weighted by molar-refractivity contribution is 0.0712. The van der Waals surface area contributed by atoms with Gasteiger partial charge in [-0.3, -0.25) is 9.78 Å². The summed E-state index contributed by atoms with van der Waals surface area (Å²) in [7, 11) is 1.66. The molecular weight excluding hydrogens is 350 g/mol. The molecule has 5 nitrogen and oxygen atoms in total. The lowest BCUT2D eigenvalue weighted by Gasteiger charge is -2.31. The highest BCUT2D eigenvalue weighted by Gasteiger charge is 2.25. The minimum atomic E-state index is 0.107. The first-order valence-electron chi connectivity index (χ1n) is 9.55. The molecule has 0 saturated carbocycles. The molecule has 0 radical (unpaired) electrons. The molecule has 0 N–H and O–H groups in total. The normalized spacial score (nSPS) is 14.7. The third-order valence-electron chi connectivity index (χ3n) is 5.24. The molecule has 28 heavy (non-hydrogen) atoms. The third kappa shape index (κ3) is 3.88. The third-order valence-corrected chi connectivity index (χ3v) is 5.24. The standard InChI is InChI=1S/C23H23N3O2/c1-28-20-9-5-8-19(14-20)22-16-24-15-21(25-22)17-10-12-26(13-11-17)23(27)18-6-3-2-4-7-18/h2-9,14-17H,10-13H2,1H3. The number of nitrogens with zero attached hydrogens (tertiary/aromatic N) is 3. The van der Waals surface area contributed by atoms with Crippen LogP contribution in [0.25, 0.3) is 11.3 Å². The summed E-state index contributed by atoms with van der Waals surface area (Å²) in [6.45, 7) is 1.48. The van der Waals surface area contributed by atoms with Gasteiger partial charge in [-0.2, -0.15) is 0 Å². The quantitative estimate of drug-likeness (QED) is 0.689. The Labute approximate surface area is 165 Å². The van der Waals surface area contributed by atoms with Gasteiger partial charge >= 0.3 is 0 Å². The van der Waals surface area contributed by atoms with Crippen molar-refractivity contribution in [3.05, 3.63) is 78.2 Å². The van der Waals surface area contributed by atoms with E-state index in [1.807, 2.05) is 65.7 Å². The van der Waals surface area contributed by atoms with E-state index in [2.05, 4.69) is 4.98 Å². The van der Waals surface area contributed by atoms with E-state index in [1.54, 1.807) is 13.3 Å². The largest absolute Gasteiger partial charge is 0.497 e. The molecule has 0 atom stereocenters. The number of likely N-dealkylation sites (tertiary alicyclic amines) is 1. The summed E-state index contributed by atoms with van der Waals surface area (Å²) >= 11 is 0. The van der Waals surface area contributed by atoms with Crippen LogP contribution in [0.15, 0.2) is 67.0 Å². The van der Waals surface area contributed by atoms with Gasteiger partial charge in [0, 0.05) is 36.3 Å². The number of rotatable bonds is 4. The Kier molecular flexibility index (Phi) is 5.33. The number of benzene rings is 2. The number of carbonyl (C=O) groups excluding carboxylic acids is 1. The first-order valence-corrected chi connectivity index (χ1v) is 9.55. The molecule has 1 saturated heterocycles. The van der Waals surface area contributed by atoms with Gasteiger partial charge in [0.05, 0.1) is 24.7 Å². The molecule has 5 heteroatoms. The second kappa shape index (κ2) is 8.21. The van der Waals surface area contributed by atoms with E-state index >= 15 is 0 Å². The lowest BCUT2D eigenvalue weighted by Crippen LogP contribution is -2.38. The fraction of sp³-hybridized carbons (Fsp3) is 0.261. The van der Waals surface area contributed by atoms with Crippen LogP contribution in [0.1, 0.15) is 34.8 Å². The highest BCUT2D eigenvalue weighted by atomic mass is 16.5. The molecule has 0 bridgehead atoms. The van der Waals surface area contributed by atoms with Crippen molar-refractivity contribution in [2.75, 3.05) is 20.2 Å². The summed E-state index contributed by atoms with van der Waals surface area (Å²) in [5.74, 6) is 1.23. The highest BCUT2D eigenvalue weighted by Crippen LogP contribution is 2.29. The van der Waals surface area contributed by atoms with Crippen molar-refractivity contribution < 1.29 is 9.53 Å². The van der Waals surface area contributed by atoms with Crippen molar-refractivity contribution >= 4 is 5.91 Å². The SMILES string of the molecule is COc1cccc(-c2cncc(C3CCN(C(=O)c4ccccc4)CC3)n2)c1. The van der Waals surface area contributed by atoms with Gasteiger partial charge in [0.15, 0.2) is 0 Å². The van der Waals surface area contributed by atoms with E-state index in [0.717, 1.165) is 54.2 Å². The fourth-order valence-corrected chi connectivity index (χ4v) is 3.64. The number of methoxy groups -OCH3 is 1. The molecule has 2 heterocycles. The molecular formula is C23H23N3O2. The molecule has 2 aromatic carbocycles. The Bertz CT molecular complexity index is 951. The Morgan fingerprint density at radius 2 is 1.82 bits per heavy atom. The maximum atomic E-state index is 12.6. The predicted octanol–water partition coefficient (Wildman–Crippen LogP) is 4.17. The zero-order valence-corrected chi connectivity index (χ0v) is 15.9. The van der Waals surface area contributed by atoms with E-state index in [1.165, 1.54) is 0 Å². The number of hydrogen-bond acceptors (Lipinski definition) is 4. The van der Waals surface area contributed by atoms with E-state index in [4.69, 9.17) is 9.72 Å². The van der Waals surface area contributed by atoms with Crippen molar-refractivity contribution in [2.24, 2.45) is 0 Å². The fourth-order valence-electron chi connectivity index (χ4n) is 3.64. The Balaban J connectivity index is 1.46. The van der Waals surface area contributed by atoms with E-state index in [9.17, 15) is 4.79 Å². The van der Waals surface area contributed by atoms with Crippen LogP contribution in [0.2, 0.25) is 0 Å². The van der Waals surface area contributed by atoms with Gasteiger partial charge in [0.25, 0.3) is 5.91 Å². The number of carbonyl (C=O) groups is 1. The van der Waals surface area contributed by atoms with Gasteiger partial charge in [-0.05, 0) is 37.1 Å². The van der Waals surface area contributed by atoms with E-state index < -0.39 is 0 Å². The van der Waals surface area contributed by atoms with Crippen LogP contribution in [0, 0.1) is 0 Å². The van der Waals surface area contributed by atoms with Crippen LogP contribution in [0.4, 0.5) is 0 Å². The van der Waals surface area contributed by atoms with Gasteiger partial charge in [0.1, 0.15) is 5.75 Å². The smallest absolute Gasteiger partial charge is 0.253 e. The average molecular weight is 373 g/mol. The van der Waals surface area contributed by atoms with Crippen LogP contribution >= 0.6 is 0 Å². The maximum absolute atomic E-state index is 12.6. The van der Waals surface area contributed by atoms with Crippen molar-refractivity contribution in [3.8, 4) is 17.0 Å². The molecule has 1 fully saturated rings. The van der Waals surface area contributed by atoms with Gasteiger partial charge in [-0.1, -0.05) is 30.3 Å². The van der Waals surface area contributed by atoms with Crippen LogP contribution in [-0.4, -0.2) is 41.0 Å². The van der Waals surface area contributed by atoms with Crippen LogP contribution in [0.5, 0.6) is 5.75 Å². The van der Waals surface area contributed by atoms with Gasteiger partial charge in [0.2, 0.25) is 0 Å². The first kappa shape index (κ1) is 18.2. The lowest BCUT2D eigenvalue weighted by atomic mass is 9.93. The van der Waals surface area contributed by atoms with Gasteiger partial charge < -0.3 is 9.64 Å². The minimum absolute atomic E-state index is 0.107. The molecule has 0 aliphatic carbocycles. The van der Waals surface area contributed by atoms with Crippen molar-refractivity contribution in [3.63, 3.8) is 0 Å². The Morgan fingerprint density at radius 3 is 2.57 bits per heavy atom. The summed E-state index contributed by atoms with van der Waals surface area (Å²) in [5, 5.41) is 0. The maximum Gasteiger partial charge on any atom is 0.253 e. The molecule has 3 aromatic rings. The Hall–Kier alpha value is -3.21. The minimum Gasteiger partial charge on any atom is -0.497 e. The topological polar surface area (TPSA) is 55.3 Å². The highest BCUT2D eigenvalue weighted by molar-refractivity contribution is 5.94. The summed E-state index contributed by atoms with van der Waals surface area (Å²) in [5.41, 5.74) is 3.58. The molecule has 1 aliphatic heterocycles. The zero-order chi connectivity index (χ0) is 19.3. The molecule has 1 amide bonds. The first-order chi connectivity index (χ1) is 13.7. The van der Waals surface area contributed by atoms with Crippen molar-refractivity contribution in [2.45, 2.75) is 18.8 Å². The van der Waals surface area contributed by atoms with E-state index in [0.29, 0.717) is 5.92 Å². The summed E-state index contributed by atoms with van der Waals surface area (Å²) < 4.78 is 5.31. The van der Waals surface area contributed by atoms with E-state index in [-0.39, 0.29) is 5.91 Å². The Morgan fingerprint density at radius 1 is 1.04 bits per heavy atom. The monoisotopic (exact) mass is 373 g/mol. The molecule has 1 aliphatic rings. The summed E-state index contributed by atoms with van der Waals surface area (Å²) in [6, 6.07) is 17.3. The molecule has 4 rings (SSSR count). The molecule has 142 valence electrons. The second-order valence-electron chi connectivity index (χ2n) is 6.99. The number of hydrogen-bond donors (Lipinski definition) is 0. The number of ether oxygens (including phenoxy) is 1. The number of aromatic nitrogens is 2. The zero-order valence-electron chi connectivity index (χ0n) is 15.9. The van der Waals surface area contributed by atoms with Crippen LogP contribution in [0.3, 0.4) is 0 Å². The average Bonchev–Trinajstić information content (AvgIpc) is 2.79. The molecule has 0 spiro atoms. The number of amides is 1. The van der Waals surface area contributed by atoms with Crippen LogP contribution in [-0.2, 0) is 0 Å². The van der Waals surface area contributed by atoms with Crippen molar-refractivity contribution in [1.82, 2.24) is 14.9 Å². The molecule has 0 unspecified atom stereocenters. The second-order valence-corrected chi connectivity index (χ2v) is 6.99. The number of piperidine rings is 1. The molecule has 1 aromatic heterocycles. The van der Waals surface area contributed by atoms with Gasteiger partial charge in [-0.15, -0.1) is 0 Å². The van der Waals surface area contributed by atoms with Crippen molar-refractivity contribution in [1.29, 1.82) is 0 Å². The van der Waals surface area contributed by atoms with Gasteiger partial charge in [-0.25, -0.2) is 4.98 Å².